The third kappa shape index (κ3) is 3.13. The third-order valence-electron chi connectivity index (χ3n) is 5.40. The van der Waals surface area contributed by atoms with Gasteiger partial charge >= 0.3 is 0 Å². The van der Waals surface area contributed by atoms with Crippen molar-refractivity contribution in [2.75, 3.05) is 6.61 Å². The number of hydrogen-bond donors (Lipinski definition) is 0. The van der Waals surface area contributed by atoms with Crippen LogP contribution in [0.5, 0.6) is 0 Å². The van der Waals surface area contributed by atoms with Crippen LogP contribution >= 0.6 is 22.9 Å². The molecule has 3 heterocycles. The van der Waals surface area contributed by atoms with Crippen LogP contribution < -0.4 is 14.9 Å². The van der Waals surface area contributed by atoms with Gasteiger partial charge in [0.1, 0.15) is 0 Å². The van der Waals surface area contributed by atoms with E-state index in [1.165, 1.54) is 11.3 Å². The summed E-state index contributed by atoms with van der Waals surface area (Å²) in [6.45, 7) is 0.728. The van der Waals surface area contributed by atoms with Crippen molar-refractivity contribution in [2.24, 2.45) is 10.9 Å². The summed E-state index contributed by atoms with van der Waals surface area (Å²) in [5, 5.41) is 0.680. The molecule has 5 rings (SSSR count). The van der Waals surface area contributed by atoms with Gasteiger partial charge in [0.15, 0.2) is 11.0 Å². The summed E-state index contributed by atoms with van der Waals surface area (Å²) in [7, 11) is 0. The zero-order chi connectivity index (χ0) is 19.1. The Labute approximate surface area is 171 Å². The largest absolute Gasteiger partial charge is 0.356 e. The molecule has 3 unspecified atom stereocenters. The van der Waals surface area contributed by atoms with Gasteiger partial charge in [-0.05, 0) is 42.2 Å². The minimum atomic E-state index is -0.180. The van der Waals surface area contributed by atoms with E-state index < -0.39 is 0 Å². The molecule has 0 radical (unpaired) electrons. The maximum Gasteiger partial charge on any atom is 0.270 e. The van der Waals surface area contributed by atoms with Crippen LogP contribution in [0.3, 0.4) is 0 Å². The van der Waals surface area contributed by atoms with E-state index in [0.717, 1.165) is 35.4 Å². The molecule has 4 nitrogen and oxygen atoms in total. The number of halogens is 1. The molecule has 0 bridgehead atoms. The molecule has 2 aromatic carbocycles. The van der Waals surface area contributed by atoms with Crippen molar-refractivity contribution in [1.82, 2.24) is 4.57 Å². The second-order valence-corrected chi connectivity index (χ2v) is 8.62. The molecule has 142 valence electrons. The second kappa shape index (κ2) is 7.32. The lowest BCUT2D eigenvalue weighted by Gasteiger charge is -2.38. The Kier molecular flexibility index (Phi) is 4.67. The molecule has 1 aromatic heterocycles. The molecule has 0 spiro atoms. The molecule has 0 amide bonds. The van der Waals surface area contributed by atoms with E-state index in [0.29, 0.717) is 9.55 Å². The molecule has 6 heteroatoms. The first-order valence-corrected chi connectivity index (χ1v) is 10.6. The predicted molar refractivity (Wildman–Crippen MR) is 111 cm³/mol. The average molecular weight is 411 g/mol. The van der Waals surface area contributed by atoms with Gasteiger partial charge in [-0.15, -0.1) is 0 Å². The standard InChI is InChI=1S/C22H19ClN2O2S/c23-16-10-8-14(9-11-16)13-18-21(26)25-19(15-5-2-1-3-6-15)17-7-4-12-27-20(17)24-22(25)28-18/h1-3,5-6,8-11,13,17,19-20H,4,7,12H2/b18-13-. The lowest BCUT2D eigenvalue weighted by Crippen LogP contribution is -2.47. The molecule has 2 aliphatic rings. The van der Waals surface area contributed by atoms with Gasteiger partial charge in [-0.3, -0.25) is 9.36 Å². The lowest BCUT2D eigenvalue weighted by molar-refractivity contribution is -0.0436. The highest BCUT2D eigenvalue weighted by atomic mass is 35.5. The van der Waals surface area contributed by atoms with Gasteiger partial charge in [-0.25, -0.2) is 4.99 Å². The number of benzene rings is 2. The number of nitrogens with zero attached hydrogens (tertiary/aromatic N) is 2. The van der Waals surface area contributed by atoms with Gasteiger partial charge in [0.05, 0.1) is 10.6 Å². The number of rotatable bonds is 2. The van der Waals surface area contributed by atoms with Crippen LogP contribution in [0, 0.1) is 5.92 Å². The van der Waals surface area contributed by atoms with Crippen molar-refractivity contribution >= 4 is 29.0 Å². The lowest BCUT2D eigenvalue weighted by atomic mass is 9.85. The number of aromatic nitrogens is 1. The topological polar surface area (TPSA) is 43.6 Å². The molecule has 1 fully saturated rings. The zero-order valence-corrected chi connectivity index (χ0v) is 16.7. The summed E-state index contributed by atoms with van der Waals surface area (Å²) >= 11 is 7.41. The monoisotopic (exact) mass is 410 g/mol. The van der Waals surface area contributed by atoms with Crippen LogP contribution in [0.1, 0.15) is 30.0 Å². The third-order valence-corrected chi connectivity index (χ3v) is 6.65. The Morgan fingerprint density at radius 3 is 2.71 bits per heavy atom. The highest BCUT2D eigenvalue weighted by molar-refractivity contribution is 7.07. The molecule has 3 aromatic rings. The summed E-state index contributed by atoms with van der Waals surface area (Å²) in [5.74, 6) is 0.180. The number of ether oxygens (including phenoxy) is 1. The van der Waals surface area contributed by atoms with Crippen molar-refractivity contribution in [2.45, 2.75) is 25.1 Å². The number of thiazole rings is 1. The maximum absolute atomic E-state index is 13.4. The average Bonchev–Trinajstić information content (AvgIpc) is 3.03. The Bertz CT molecular complexity index is 1170. The molecule has 2 aliphatic heterocycles. The van der Waals surface area contributed by atoms with E-state index in [2.05, 4.69) is 12.1 Å². The van der Waals surface area contributed by atoms with E-state index in [9.17, 15) is 4.79 Å². The SMILES string of the molecule is O=c1/c(=C/c2ccc(Cl)cc2)sc2n1C(c1ccccc1)C1CCCOC1N=2. The molecule has 1 saturated heterocycles. The van der Waals surface area contributed by atoms with Gasteiger partial charge in [0, 0.05) is 17.5 Å². The highest BCUT2D eigenvalue weighted by Crippen LogP contribution is 2.36. The van der Waals surface area contributed by atoms with Gasteiger partial charge in [-0.2, -0.15) is 0 Å². The van der Waals surface area contributed by atoms with E-state index in [-0.39, 0.29) is 23.7 Å². The van der Waals surface area contributed by atoms with Crippen LogP contribution in [0.4, 0.5) is 0 Å². The second-order valence-electron chi connectivity index (χ2n) is 7.17. The maximum atomic E-state index is 13.4. The summed E-state index contributed by atoms with van der Waals surface area (Å²) in [5.41, 5.74) is 2.10. The molecule has 0 N–H and O–H groups in total. The van der Waals surface area contributed by atoms with Crippen LogP contribution in [-0.2, 0) is 4.74 Å². The minimum absolute atomic E-state index is 0.0107. The van der Waals surface area contributed by atoms with E-state index in [4.69, 9.17) is 21.3 Å². The van der Waals surface area contributed by atoms with Crippen molar-refractivity contribution in [3.8, 4) is 0 Å². The summed E-state index contributed by atoms with van der Waals surface area (Å²) < 4.78 is 8.52. The minimum Gasteiger partial charge on any atom is -0.356 e. The molecular formula is C22H19ClN2O2S. The zero-order valence-electron chi connectivity index (χ0n) is 15.1. The fourth-order valence-electron chi connectivity index (χ4n) is 4.12. The van der Waals surface area contributed by atoms with E-state index >= 15 is 0 Å². The van der Waals surface area contributed by atoms with Crippen molar-refractivity contribution in [3.63, 3.8) is 0 Å². The first-order valence-electron chi connectivity index (χ1n) is 9.44. The van der Waals surface area contributed by atoms with E-state index in [1.807, 2.05) is 53.1 Å². The van der Waals surface area contributed by atoms with Crippen molar-refractivity contribution in [1.29, 1.82) is 0 Å². The Hall–Kier alpha value is -2.21. The summed E-state index contributed by atoms with van der Waals surface area (Å²) in [6.07, 6.45) is 3.74. The molecule has 0 aliphatic carbocycles. The van der Waals surface area contributed by atoms with Crippen LogP contribution in [0.25, 0.3) is 6.08 Å². The molecule has 28 heavy (non-hydrogen) atoms. The van der Waals surface area contributed by atoms with Crippen molar-refractivity contribution in [3.05, 3.63) is 90.4 Å². The van der Waals surface area contributed by atoms with Crippen LogP contribution in [0.2, 0.25) is 5.02 Å². The Balaban J connectivity index is 1.71. The fourth-order valence-corrected chi connectivity index (χ4v) is 5.27. The Morgan fingerprint density at radius 1 is 1.14 bits per heavy atom. The predicted octanol–water partition coefficient (Wildman–Crippen LogP) is 3.37. The first-order chi connectivity index (χ1) is 13.7. The van der Waals surface area contributed by atoms with Gasteiger partial charge in [0.25, 0.3) is 5.56 Å². The summed E-state index contributed by atoms with van der Waals surface area (Å²) in [4.78, 5) is 18.9. The van der Waals surface area contributed by atoms with Crippen LogP contribution in [-0.4, -0.2) is 17.4 Å². The quantitative estimate of drug-likeness (QED) is 0.650. The number of hydrogen-bond acceptors (Lipinski definition) is 4. The molecule has 3 atom stereocenters. The van der Waals surface area contributed by atoms with Gasteiger partial charge in [0.2, 0.25) is 0 Å². The van der Waals surface area contributed by atoms with Gasteiger partial charge < -0.3 is 4.74 Å². The fraction of sp³-hybridized carbons (Fsp3) is 0.273. The molecular weight excluding hydrogens is 392 g/mol. The summed E-state index contributed by atoms with van der Waals surface area (Å²) in [6, 6.07) is 17.7. The Morgan fingerprint density at radius 2 is 1.93 bits per heavy atom. The smallest absolute Gasteiger partial charge is 0.270 e. The first kappa shape index (κ1) is 17.9. The van der Waals surface area contributed by atoms with Gasteiger partial charge in [-0.1, -0.05) is 65.4 Å². The normalized spacial score (nSPS) is 24.3. The highest BCUT2D eigenvalue weighted by Gasteiger charge is 2.39. The number of fused-ring (bicyclic) bond motifs is 2. The van der Waals surface area contributed by atoms with E-state index in [1.54, 1.807) is 0 Å². The van der Waals surface area contributed by atoms with Crippen LogP contribution in [0.15, 0.2) is 64.4 Å². The van der Waals surface area contributed by atoms with Crippen molar-refractivity contribution < 1.29 is 4.74 Å². The molecule has 0 saturated carbocycles.